The summed E-state index contributed by atoms with van der Waals surface area (Å²) in [6.45, 7) is 3.68. The van der Waals surface area contributed by atoms with E-state index in [-0.39, 0.29) is 0 Å². The summed E-state index contributed by atoms with van der Waals surface area (Å²) in [6, 6.07) is 3.55. The van der Waals surface area contributed by atoms with E-state index >= 15 is 0 Å². The SMILES string of the molecule is CC(C)(CNc1ccn2nccc2n1)S(C)(=O)=O. The fourth-order valence-corrected chi connectivity index (χ4v) is 1.68. The molecule has 0 fully saturated rings. The molecule has 0 saturated heterocycles. The summed E-state index contributed by atoms with van der Waals surface area (Å²) in [5.41, 5.74) is 0.720. The number of hydrogen-bond donors (Lipinski definition) is 1. The third kappa shape index (κ3) is 2.45. The van der Waals surface area contributed by atoms with Gasteiger partial charge in [-0.15, -0.1) is 0 Å². The molecule has 0 saturated carbocycles. The van der Waals surface area contributed by atoms with E-state index in [1.807, 2.05) is 0 Å². The Morgan fingerprint density at radius 3 is 2.78 bits per heavy atom. The predicted octanol–water partition coefficient (Wildman–Crippen LogP) is 0.964. The fourth-order valence-electron chi connectivity index (χ4n) is 1.35. The zero-order valence-electron chi connectivity index (χ0n) is 10.6. The molecule has 0 bridgehead atoms. The van der Waals surface area contributed by atoms with Crippen molar-refractivity contribution < 1.29 is 8.42 Å². The molecule has 1 N–H and O–H groups in total. The van der Waals surface area contributed by atoms with Crippen LogP contribution in [0.2, 0.25) is 0 Å². The van der Waals surface area contributed by atoms with Crippen LogP contribution in [0.15, 0.2) is 24.5 Å². The van der Waals surface area contributed by atoms with Crippen molar-refractivity contribution in [2.24, 2.45) is 0 Å². The Hall–Kier alpha value is -1.63. The highest BCUT2D eigenvalue weighted by Crippen LogP contribution is 2.16. The van der Waals surface area contributed by atoms with Crippen LogP contribution in [0.25, 0.3) is 5.65 Å². The largest absolute Gasteiger partial charge is 0.368 e. The normalized spacial score (nSPS) is 12.8. The van der Waals surface area contributed by atoms with Crippen molar-refractivity contribution in [1.82, 2.24) is 14.6 Å². The number of nitrogens with one attached hydrogen (secondary N) is 1. The molecule has 0 spiro atoms. The van der Waals surface area contributed by atoms with E-state index in [1.165, 1.54) is 6.26 Å². The first-order chi connectivity index (χ1) is 8.29. The molecule has 0 atom stereocenters. The second-order valence-electron chi connectivity index (χ2n) is 4.83. The molecule has 18 heavy (non-hydrogen) atoms. The minimum absolute atomic E-state index is 0.309. The van der Waals surface area contributed by atoms with E-state index in [0.717, 1.165) is 5.65 Å². The average molecular weight is 268 g/mol. The van der Waals surface area contributed by atoms with E-state index in [1.54, 1.807) is 42.9 Å². The molecule has 0 aliphatic rings. The number of rotatable bonds is 4. The third-order valence-electron chi connectivity index (χ3n) is 2.96. The average Bonchev–Trinajstić information content (AvgIpc) is 2.71. The Morgan fingerprint density at radius 2 is 2.11 bits per heavy atom. The smallest absolute Gasteiger partial charge is 0.157 e. The Labute approximate surface area is 106 Å². The van der Waals surface area contributed by atoms with E-state index in [2.05, 4.69) is 15.4 Å². The second kappa shape index (κ2) is 4.24. The molecular weight excluding hydrogens is 252 g/mol. The maximum atomic E-state index is 11.6. The van der Waals surface area contributed by atoms with Gasteiger partial charge < -0.3 is 5.32 Å². The number of aromatic nitrogens is 3. The van der Waals surface area contributed by atoms with E-state index in [9.17, 15) is 8.42 Å². The summed E-state index contributed by atoms with van der Waals surface area (Å²) < 4.78 is 24.0. The molecule has 6 nitrogen and oxygen atoms in total. The lowest BCUT2D eigenvalue weighted by Crippen LogP contribution is -2.38. The summed E-state index contributed by atoms with van der Waals surface area (Å²) in [5.74, 6) is 0.639. The van der Waals surface area contributed by atoms with Crippen molar-refractivity contribution >= 4 is 21.3 Å². The van der Waals surface area contributed by atoms with Crippen LogP contribution in [0.1, 0.15) is 13.8 Å². The Balaban J connectivity index is 2.15. The van der Waals surface area contributed by atoms with Gasteiger partial charge in [-0.3, -0.25) is 0 Å². The van der Waals surface area contributed by atoms with Crippen molar-refractivity contribution in [3.63, 3.8) is 0 Å². The van der Waals surface area contributed by atoms with E-state index < -0.39 is 14.6 Å². The van der Waals surface area contributed by atoms with Crippen LogP contribution in [0.4, 0.5) is 5.82 Å². The molecule has 2 aromatic heterocycles. The lowest BCUT2D eigenvalue weighted by atomic mass is 10.2. The van der Waals surface area contributed by atoms with Crippen LogP contribution in [0.5, 0.6) is 0 Å². The highest BCUT2D eigenvalue weighted by molar-refractivity contribution is 7.92. The quantitative estimate of drug-likeness (QED) is 0.894. The molecule has 0 aliphatic heterocycles. The van der Waals surface area contributed by atoms with Crippen LogP contribution in [-0.4, -0.2) is 40.6 Å². The van der Waals surface area contributed by atoms with E-state index in [0.29, 0.717) is 12.4 Å². The van der Waals surface area contributed by atoms with Gasteiger partial charge in [-0.05, 0) is 19.9 Å². The molecule has 0 unspecified atom stereocenters. The van der Waals surface area contributed by atoms with Crippen molar-refractivity contribution in [1.29, 1.82) is 0 Å². The van der Waals surface area contributed by atoms with Gasteiger partial charge in [0, 0.05) is 25.1 Å². The molecule has 0 aromatic carbocycles. The van der Waals surface area contributed by atoms with Crippen LogP contribution in [0, 0.1) is 0 Å². The minimum atomic E-state index is -3.11. The highest BCUT2D eigenvalue weighted by atomic mass is 32.2. The molecule has 7 heteroatoms. The van der Waals surface area contributed by atoms with Gasteiger partial charge >= 0.3 is 0 Å². The molecule has 2 rings (SSSR count). The topological polar surface area (TPSA) is 76.4 Å². The monoisotopic (exact) mass is 268 g/mol. The first-order valence-electron chi connectivity index (χ1n) is 5.53. The standard InChI is InChI=1S/C11H16N4O2S/c1-11(2,18(3,16)17)8-12-9-5-7-15-10(14-9)4-6-13-15/h4-7H,8H2,1-3H3,(H,12,14). The zero-order chi connectivity index (χ0) is 13.4. The Morgan fingerprint density at radius 1 is 1.39 bits per heavy atom. The van der Waals surface area contributed by atoms with Crippen LogP contribution in [0.3, 0.4) is 0 Å². The minimum Gasteiger partial charge on any atom is -0.368 e. The maximum Gasteiger partial charge on any atom is 0.157 e. The number of fused-ring (bicyclic) bond motifs is 1. The van der Waals surface area contributed by atoms with Gasteiger partial charge in [0.25, 0.3) is 0 Å². The summed E-state index contributed by atoms with van der Waals surface area (Å²) in [6.07, 6.45) is 4.67. The third-order valence-corrected chi connectivity index (χ3v) is 5.11. The first-order valence-corrected chi connectivity index (χ1v) is 7.43. The van der Waals surface area contributed by atoms with Crippen molar-refractivity contribution in [3.8, 4) is 0 Å². The first kappa shape index (κ1) is 12.8. The molecular formula is C11H16N4O2S. The highest BCUT2D eigenvalue weighted by Gasteiger charge is 2.29. The van der Waals surface area contributed by atoms with Gasteiger partial charge in [-0.1, -0.05) is 0 Å². The van der Waals surface area contributed by atoms with Gasteiger partial charge in [0.15, 0.2) is 15.5 Å². The summed E-state index contributed by atoms with van der Waals surface area (Å²) in [4.78, 5) is 4.31. The number of anilines is 1. The Kier molecular flexibility index (Phi) is 3.02. The number of nitrogens with zero attached hydrogens (tertiary/aromatic N) is 3. The van der Waals surface area contributed by atoms with Crippen molar-refractivity contribution in [3.05, 3.63) is 24.5 Å². The van der Waals surface area contributed by atoms with Gasteiger partial charge in [0.2, 0.25) is 0 Å². The summed E-state index contributed by atoms with van der Waals surface area (Å²) in [5, 5.41) is 7.08. The van der Waals surface area contributed by atoms with Crippen LogP contribution >= 0.6 is 0 Å². The second-order valence-corrected chi connectivity index (χ2v) is 7.48. The van der Waals surface area contributed by atoms with Gasteiger partial charge in [-0.2, -0.15) is 5.10 Å². The summed E-state index contributed by atoms with van der Waals surface area (Å²) >= 11 is 0. The fraction of sp³-hybridized carbons (Fsp3) is 0.455. The van der Waals surface area contributed by atoms with Gasteiger partial charge in [0.05, 0.1) is 10.9 Å². The van der Waals surface area contributed by atoms with Gasteiger partial charge in [0.1, 0.15) is 5.82 Å². The molecule has 0 amide bonds. The summed E-state index contributed by atoms with van der Waals surface area (Å²) in [7, 11) is -3.11. The maximum absolute atomic E-state index is 11.6. The molecule has 2 aromatic rings. The van der Waals surface area contributed by atoms with E-state index in [4.69, 9.17) is 0 Å². The van der Waals surface area contributed by atoms with Crippen molar-refractivity contribution in [2.75, 3.05) is 18.1 Å². The number of sulfone groups is 1. The van der Waals surface area contributed by atoms with Crippen molar-refractivity contribution in [2.45, 2.75) is 18.6 Å². The molecule has 2 heterocycles. The lowest BCUT2D eigenvalue weighted by Gasteiger charge is -2.22. The predicted molar refractivity (Wildman–Crippen MR) is 70.4 cm³/mol. The van der Waals surface area contributed by atoms with Crippen LogP contribution < -0.4 is 5.32 Å². The number of hydrogen-bond acceptors (Lipinski definition) is 5. The molecule has 98 valence electrons. The molecule has 0 aliphatic carbocycles. The van der Waals surface area contributed by atoms with Gasteiger partial charge in [-0.25, -0.2) is 17.9 Å². The zero-order valence-corrected chi connectivity index (χ0v) is 11.4. The Bertz CT molecular complexity index is 660. The lowest BCUT2D eigenvalue weighted by molar-refractivity contribution is 0.559. The van der Waals surface area contributed by atoms with Crippen LogP contribution in [-0.2, 0) is 9.84 Å². The molecule has 0 radical (unpaired) electrons.